The van der Waals surface area contributed by atoms with E-state index in [1.807, 2.05) is 51.1 Å². The van der Waals surface area contributed by atoms with Crippen molar-refractivity contribution in [2.75, 3.05) is 11.9 Å². The third-order valence-corrected chi connectivity index (χ3v) is 5.18. The molecule has 34 heavy (non-hydrogen) atoms. The van der Waals surface area contributed by atoms with Gasteiger partial charge in [0.15, 0.2) is 0 Å². The number of imide groups is 1. The Hall–Kier alpha value is -4.13. The first-order valence-electron chi connectivity index (χ1n) is 11.2. The molecule has 0 saturated carbocycles. The summed E-state index contributed by atoms with van der Waals surface area (Å²) in [6.07, 6.45) is 3.36. The molecule has 7 heteroatoms. The van der Waals surface area contributed by atoms with Gasteiger partial charge in [-0.1, -0.05) is 18.2 Å². The highest BCUT2D eigenvalue weighted by Gasteiger charge is 2.39. The van der Waals surface area contributed by atoms with Gasteiger partial charge in [0.2, 0.25) is 0 Å². The summed E-state index contributed by atoms with van der Waals surface area (Å²) in [7, 11) is 0. The van der Waals surface area contributed by atoms with Gasteiger partial charge in [0.1, 0.15) is 17.2 Å². The largest absolute Gasteiger partial charge is 0.494 e. The molecule has 0 atom stereocenters. The van der Waals surface area contributed by atoms with Crippen LogP contribution in [0.5, 0.6) is 11.5 Å². The van der Waals surface area contributed by atoms with E-state index in [2.05, 4.69) is 10.3 Å². The summed E-state index contributed by atoms with van der Waals surface area (Å²) >= 11 is 0. The molecule has 0 fully saturated rings. The molecule has 2 aromatic carbocycles. The molecule has 174 valence electrons. The molecule has 1 aliphatic rings. The highest BCUT2D eigenvalue weighted by atomic mass is 16.5. The maximum atomic E-state index is 13.4. The molecular weight excluding hydrogens is 430 g/mol. The molecule has 7 nitrogen and oxygen atoms in total. The van der Waals surface area contributed by atoms with Crippen molar-refractivity contribution in [1.29, 1.82) is 0 Å². The van der Waals surface area contributed by atoms with Gasteiger partial charge in [0, 0.05) is 18.1 Å². The second-order valence-corrected chi connectivity index (χ2v) is 8.08. The van der Waals surface area contributed by atoms with Crippen LogP contribution in [0.15, 0.2) is 78.8 Å². The summed E-state index contributed by atoms with van der Waals surface area (Å²) in [6, 6.07) is 18.1. The lowest BCUT2D eigenvalue weighted by molar-refractivity contribution is -0.137. The molecular formula is C27H27N3O4. The lowest BCUT2D eigenvalue weighted by Crippen LogP contribution is -2.32. The SMILES string of the molecule is CCOc1ccc(C2=C(Nc3ccc(OC(C)C)cc3)C(=O)N(Cc3cccnc3)C2=O)cc1. The molecule has 2 heterocycles. The van der Waals surface area contributed by atoms with Crippen molar-refractivity contribution in [2.45, 2.75) is 33.4 Å². The molecule has 0 aliphatic carbocycles. The topological polar surface area (TPSA) is 80.8 Å². The Labute approximate surface area is 199 Å². The van der Waals surface area contributed by atoms with E-state index in [0.29, 0.717) is 29.2 Å². The second kappa shape index (κ2) is 10.2. The van der Waals surface area contributed by atoms with Gasteiger partial charge < -0.3 is 14.8 Å². The van der Waals surface area contributed by atoms with Crippen LogP contribution in [-0.2, 0) is 16.1 Å². The predicted octanol–water partition coefficient (Wildman–Crippen LogP) is 4.66. The lowest BCUT2D eigenvalue weighted by atomic mass is 10.0. The van der Waals surface area contributed by atoms with E-state index in [9.17, 15) is 9.59 Å². The minimum atomic E-state index is -0.389. The summed E-state index contributed by atoms with van der Waals surface area (Å²) < 4.78 is 11.2. The molecule has 1 N–H and O–H groups in total. The second-order valence-electron chi connectivity index (χ2n) is 8.08. The zero-order valence-corrected chi connectivity index (χ0v) is 19.4. The molecule has 0 radical (unpaired) electrons. The number of amides is 2. The van der Waals surface area contributed by atoms with Crippen LogP contribution in [0.4, 0.5) is 5.69 Å². The maximum absolute atomic E-state index is 13.4. The van der Waals surface area contributed by atoms with Gasteiger partial charge in [-0.05, 0) is 74.4 Å². The number of nitrogens with zero attached hydrogens (tertiary/aromatic N) is 2. The Morgan fingerprint density at radius 2 is 1.65 bits per heavy atom. The van der Waals surface area contributed by atoms with E-state index in [4.69, 9.17) is 9.47 Å². The lowest BCUT2D eigenvalue weighted by Gasteiger charge is -2.15. The van der Waals surface area contributed by atoms with Crippen LogP contribution in [0, 0.1) is 0 Å². The minimum absolute atomic E-state index is 0.0582. The average molecular weight is 458 g/mol. The molecule has 0 bridgehead atoms. The van der Waals surface area contributed by atoms with Crippen LogP contribution in [0.1, 0.15) is 31.9 Å². The van der Waals surface area contributed by atoms with Crippen molar-refractivity contribution in [3.05, 3.63) is 89.9 Å². The number of anilines is 1. The molecule has 3 aromatic rings. The van der Waals surface area contributed by atoms with Gasteiger partial charge in [0.25, 0.3) is 11.8 Å². The molecule has 1 aliphatic heterocycles. The zero-order chi connectivity index (χ0) is 24.1. The van der Waals surface area contributed by atoms with Gasteiger partial charge in [-0.3, -0.25) is 19.5 Å². The number of pyridine rings is 1. The van der Waals surface area contributed by atoms with Crippen LogP contribution >= 0.6 is 0 Å². The number of carbonyl (C=O) groups is 2. The maximum Gasteiger partial charge on any atom is 0.278 e. The van der Waals surface area contributed by atoms with E-state index in [1.165, 1.54) is 4.90 Å². The highest BCUT2D eigenvalue weighted by Crippen LogP contribution is 2.32. The summed E-state index contributed by atoms with van der Waals surface area (Å²) in [5, 5.41) is 3.17. The fraction of sp³-hybridized carbons (Fsp3) is 0.222. The van der Waals surface area contributed by atoms with Crippen LogP contribution in [0.3, 0.4) is 0 Å². The average Bonchev–Trinajstić information content (AvgIpc) is 3.06. The normalized spacial score (nSPS) is 13.6. The number of hydrogen-bond acceptors (Lipinski definition) is 6. The van der Waals surface area contributed by atoms with Crippen LogP contribution < -0.4 is 14.8 Å². The molecule has 4 rings (SSSR count). The van der Waals surface area contributed by atoms with E-state index >= 15 is 0 Å². The Balaban J connectivity index is 1.67. The third-order valence-electron chi connectivity index (χ3n) is 5.18. The number of benzene rings is 2. The minimum Gasteiger partial charge on any atom is -0.494 e. The Kier molecular flexibility index (Phi) is 6.92. The van der Waals surface area contributed by atoms with Crippen molar-refractivity contribution in [2.24, 2.45) is 0 Å². The highest BCUT2D eigenvalue weighted by molar-refractivity contribution is 6.36. The number of rotatable bonds is 9. The number of hydrogen-bond donors (Lipinski definition) is 1. The van der Waals surface area contributed by atoms with Crippen LogP contribution in [0.25, 0.3) is 5.57 Å². The van der Waals surface area contributed by atoms with Crippen LogP contribution in [0.2, 0.25) is 0 Å². The third kappa shape index (κ3) is 5.09. The first kappa shape index (κ1) is 23.0. The summed E-state index contributed by atoms with van der Waals surface area (Å²) in [5.41, 5.74) is 2.64. The summed E-state index contributed by atoms with van der Waals surface area (Å²) in [5.74, 6) is 0.680. The predicted molar refractivity (Wildman–Crippen MR) is 130 cm³/mol. The molecule has 2 amide bonds. The number of ether oxygens (including phenoxy) is 2. The number of nitrogens with one attached hydrogen (secondary N) is 1. The van der Waals surface area contributed by atoms with E-state index < -0.39 is 0 Å². The first-order valence-corrected chi connectivity index (χ1v) is 11.2. The first-order chi connectivity index (χ1) is 16.5. The quantitative estimate of drug-likeness (QED) is 0.471. The van der Waals surface area contributed by atoms with Crippen LogP contribution in [-0.4, -0.2) is 34.4 Å². The van der Waals surface area contributed by atoms with Gasteiger partial charge >= 0.3 is 0 Å². The monoisotopic (exact) mass is 457 g/mol. The standard InChI is InChI=1S/C27H27N3O4/c1-4-33-22-11-7-20(8-12-22)24-25(29-21-9-13-23(14-10-21)34-18(2)3)27(32)30(26(24)31)17-19-6-5-15-28-16-19/h5-16,18,29H,4,17H2,1-3H3. The number of carbonyl (C=O) groups excluding carboxylic acids is 2. The van der Waals surface area contributed by atoms with Crippen molar-refractivity contribution in [3.8, 4) is 11.5 Å². The van der Waals surface area contributed by atoms with Crippen molar-refractivity contribution in [3.63, 3.8) is 0 Å². The van der Waals surface area contributed by atoms with Crippen molar-refractivity contribution in [1.82, 2.24) is 9.88 Å². The number of aromatic nitrogens is 1. The smallest absolute Gasteiger partial charge is 0.278 e. The molecule has 1 aromatic heterocycles. The fourth-order valence-corrected chi connectivity index (χ4v) is 3.70. The van der Waals surface area contributed by atoms with Crippen molar-refractivity contribution >= 4 is 23.1 Å². The fourth-order valence-electron chi connectivity index (χ4n) is 3.70. The Morgan fingerprint density at radius 3 is 2.26 bits per heavy atom. The Bertz CT molecular complexity index is 1190. The van der Waals surface area contributed by atoms with Gasteiger partial charge in [-0.25, -0.2) is 0 Å². The summed E-state index contributed by atoms with van der Waals surface area (Å²) in [4.78, 5) is 32.2. The van der Waals surface area contributed by atoms with E-state index in [-0.39, 0.29) is 30.2 Å². The Morgan fingerprint density at radius 1 is 0.941 bits per heavy atom. The van der Waals surface area contributed by atoms with E-state index in [1.54, 1.807) is 42.7 Å². The van der Waals surface area contributed by atoms with E-state index in [0.717, 1.165) is 11.3 Å². The van der Waals surface area contributed by atoms with Gasteiger partial charge in [0.05, 0.1) is 24.8 Å². The molecule has 0 saturated heterocycles. The van der Waals surface area contributed by atoms with Crippen molar-refractivity contribution < 1.29 is 19.1 Å². The molecule has 0 spiro atoms. The summed E-state index contributed by atoms with van der Waals surface area (Å²) in [6.45, 7) is 6.50. The zero-order valence-electron chi connectivity index (χ0n) is 19.4. The molecule has 0 unspecified atom stereocenters. The van der Waals surface area contributed by atoms with Gasteiger partial charge in [-0.2, -0.15) is 0 Å². The van der Waals surface area contributed by atoms with Gasteiger partial charge in [-0.15, -0.1) is 0 Å².